The maximum Gasteiger partial charge on any atom is 0.277 e. The number of aromatic nitrogens is 4. The van der Waals surface area contributed by atoms with E-state index in [2.05, 4.69) is 26.5 Å². The molecule has 3 aromatic heterocycles. The normalized spacial score (nSPS) is 14.7. The van der Waals surface area contributed by atoms with Crippen LogP contribution in [0.15, 0.2) is 52.5 Å². The van der Waals surface area contributed by atoms with Crippen LogP contribution >= 0.6 is 11.6 Å². The van der Waals surface area contributed by atoms with Gasteiger partial charge in [-0.05, 0) is 38.3 Å². The molecule has 37 heavy (non-hydrogen) atoms. The second-order valence-electron chi connectivity index (χ2n) is 8.79. The number of halogens is 3. The van der Waals surface area contributed by atoms with Gasteiger partial charge in [0.05, 0.1) is 29.6 Å². The topological polar surface area (TPSA) is 102 Å². The number of hydrogen-bond acceptors (Lipinski definition) is 7. The molecule has 8 nitrogen and oxygen atoms in total. The van der Waals surface area contributed by atoms with Crippen molar-refractivity contribution >= 4 is 29.7 Å². The zero-order valence-corrected chi connectivity index (χ0v) is 21.0. The fourth-order valence-corrected chi connectivity index (χ4v) is 3.72. The molecule has 0 radical (unpaired) electrons. The fourth-order valence-electron chi connectivity index (χ4n) is 3.52. The lowest BCUT2D eigenvalue weighted by Crippen LogP contribution is -2.20. The summed E-state index contributed by atoms with van der Waals surface area (Å²) in [7, 11) is 0. The number of hydrogen-bond donors (Lipinski definition) is 1. The third kappa shape index (κ3) is 5.81. The number of aliphatic hydroxyl groups is 1. The smallest absolute Gasteiger partial charge is 0.277 e. The Morgan fingerprint density at radius 3 is 2.78 bits per heavy atom. The first-order chi connectivity index (χ1) is 17.6. The van der Waals surface area contributed by atoms with E-state index in [-0.39, 0.29) is 35.1 Å². The summed E-state index contributed by atoms with van der Waals surface area (Å²) in [4.78, 5) is 29.6. The van der Waals surface area contributed by atoms with Crippen LogP contribution in [0, 0.1) is 18.6 Å². The monoisotopic (exact) mass is 527 g/mol. The van der Waals surface area contributed by atoms with Crippen LogP contribution in [-0.2, 0) is 12.0 Å². The molecule has 1 saturated carbocycles. The van der Waals surface area contributed by atoms with Crippen molar-refractivity contribution in [3.05, 3.63) is 92.7 Å². The number of ether oxygens (including phenoxy) is 1. The van der Waals surface area contributed by atoms with Gasteiger partial charge in [0, 0.05) is 36.4 Å². The minimum atomic E-state index is -0.862. The summed E-state index contributed by atoms with van der Waals surface area (Å²) in [6.45, 7) is 7.05. The van der Waals surface area contributed by atoms with Gasteiger partial charge >= 0.3 is 0 Å². The molecule has 1 N–H and O–H groups in total. The lowest BCUT2D eigenvalue weighted by molar-refractivity contribution is 0.249. The Morgan fingerprint density at radius 2 is 2.11 bits per heavy atom. The summed E-state index contributed by atoms with van der Waals surface area (Å²) in [5.74, 6) is -1.04. The van der Waals surface area contributed by atoms with Crippen LogP contribution in [0.25, 0.3) is 11.9 Å². The molecule has 0 bridgehead atoms. The molecule has 0 saturated heterocycles. The number of rotatable bonds is 9. The first kappa shape index (κ1) is 26.3. The molecule has 0 aliphatic heterocycles. The Labute approximate surface area is 216 Å². The zero-order chi connectivity index (χ0) is 26.7. The van der Waals surface area contributed by atoms with E-state index >= 15 is 0 Å². The zero-order valence-electron chi connectivity index (χ0n) is 20.2. The minimum absolute atomic E-state index is 0.00541. The van der Waals surface area contributed by atoms with Crippen LogP contribution in [0.5, 0.6) is 5.75 Å². The third-order valence-electron chi connectivity index (χ3n) is 5.93. The van der Waals surface area contributed by atoms with Gasteiger partial charge in [-0.25, -0.2) is 18.7 Å². The van der Waals surface area contributed by atoms with Crippen molar-refractivity contribution in [1.82, 2.24) is 19.5 Å². The fraction of sp³-hybridized carbons (Fsp3) is 0.269. The Bertz CT molecular complexity index is 1480. The van der Waals surface area contributed by atoms with E-state index < -0.39 is 17.2 Å². The van der Waals surface area contributed by atoms with E-state index in [1.54, 1.807) is 32.3 Å². The van der Waals surface area contributed by atoms with Crippen molar-refractivity contribution in [2.24, 2.45) is 4.99 Å². The van der Waals surface area contributed by atoms with Crippen molar-refractivity contribution < 1.29 is 18.6 Å². The van der Waals surface area contributed by atoms with Crippen LogP contribution in [0.1, 0.15) is 42.7 Å². The molecule has 1 fully saturated rings. The number of nitrogens with zero attached hydrogens (tertiary/aromatic N) is 5. The number of aliphatic imine (C=N–C) groups is 1. The maximum atomic E-state index is 13.8. The van der Waals surface area contributed by atoms with E-state index in [1.807, 2.05) is 0 Å². The summed E-state index contributed by atoms with van der Waals surface area (Å²) in [6, 6.07) is 3.92. The molecule has 4 rings (SSSR count). The predicted octanol–water partition coefficient (Wildman–Crippen LogP) is 4.48. The quantitative estimate of drug-likeness (QED) is 0.412. The van der Waals surface area contributed by atoms with Gasteiger partial charge in [-0.2, -0.15) is 0 Å². The Balaban J connectivity index is 1.49. The average Bonchev–Trinajstić information content (AvgIpc) is 3.69. The molecule has 0 aromatic carbocycles. The van der Waals surface area contributed by atoms with Crippen LogP contribution in [-0.4, -0.2) is 37.4 Å². The van der Waals surface area contributed by atoms with Crippen LogP contribution < -0.4 is 10.3 Å². The third-order valence-corrected chi connectivity index (χ3v) is 6.28. The SMILES string of the molecule is C=C(N=C/C(C)=C/n1c(C)cc(OCc2ncc(F)cc2F)c(Cl)c1=O)c1ccnc(C2(CO)CC2)n1. The highest BCUT2D eigenvalue weighted by Crippen LogP contribution is 2.46. The Hall–Kier alpha value is -3.76. The highest BCUT2D eigenvalue weighted by atomic mass is 35.5. The van der Waals surface area contributed by atoms with Crippen molar-refractivity contribution in [1.29, 1.82) is 0 Å². The lowest BCUT2D eigenvalue weighted by atomic mass is 10.1. The van der Waals surface area contributed by atoms with Crippen LogP contribution in [0.4, 0.5) is 8.78 Å². The largest absolute Gasteiger partial charge is 0.485 e. The van der Waals surface area contributed by atoms with E-state index in [1.165, 1.54) is 16.8 Å². The van der Waals surface area contributed by atoms with E-state index in [9.17, 15) is 18.7 Å². The lowest BCUT2D eigenvalue weighted by Gasteiger charge is -2.12. The summed E-state index contributed by atoms with van der Waals surface area (Å²) in [5, 5.41) is 9.42. The van der Waals surface area contributed by atoms with E-state index in [0.29, 0.717) is 34.5 Å². The number of pyridine rings is 2. The van der Waals surface area contributed by atoms with Crippen molar-refractivity contribution in [2.45, 2.75) is 38.7 Å². The number of aryl methyl sites for hydroxylation is 1. The summed E-state index contributed by atoms with van der Waals surface area (Å²) in [5.41, 5.74) is 1.03. The van der Waals surface area contributed by atoms with Crippen molar-refractivity contribution in [2.75, 3.05) is 6.61 Å². The highest BCUT2D eigenvalue weighted by Gasteiger charge is 2.46. The average molecular weight is 528 g/mol. The summed E-state index contributed by atoms with van der Waals surface area (Å²) < 4.78 is 33.7. The first-order valence-corrected chi connectivity index (χ1v) is 11.7. The van der Waals surface area contributed by atoms with E-state index in [0.717, 1.165) is 19.0 Å². The van der Waals surface area contributed by atoms with Crippen molar-refractivity contribution in [3.8, 4) is 5.75 Å². The Kier molecular flexibility index (Phi) is 7.60. The van der Waals surface area contributed by atoms with Gasteiger partial charge in [-0.1, -0.05) is 18.2 Å². The molecule has 3 aromatic rings. The van der Waals surface area contributed by atoms with Gasteiger partial charge < -0.3 is 9.84 Å². The van der Waals surface area contributed by atoms with Gasteiger partial charge in [-0.15, -0.1) is 0 Å². The molecule has 1 aliphatic carbocycles. The van der Waals surface area contributed by atoms with Gasteiger partial charge in [0.2, 0.25) is 0 Å². The van der Waals surface area contributed by atoms with Crippen molar-refractivity contribution in [3.63, 3.8) is 0 Å². The summed E-state index contributed by atoms with van der Waals surface area (Å²) >= 11 is 6.22. The molecule has 1 aliphatic rings. The van der Waals surface area contributed by atoms with Gasteiger partial charge in [-0.3, -0.25) is 19.3 Å². The maximum absolute atomic E-state index is 13.8. The molecule has 192 valence electrons. The van der Waals surface area contributed by atoms with Gasteiger partial charge in [0.25, 0.3) is 5.56 Å². The van der Waals surface area contributed by atoms with Crippen LogP contribution in [0.3, 0.4) is 0 Å². The molecular formula is C26H24ClF2N5O3. The molecule has 0 unspecified atom stereocenters. The first-order valence-electron chi connectivity index (χ1n) is 11.3. The van der Waals surface area contributed by atoms with Gasteiger partial charge in [0.1, 0.15) is 34.7 Å². The van der Waals surface area contributed by atoms with E-state index in [4.69, 9.17) is 16.3 Å². The molecular weight excluding hydrogens is 504 g/mol. The predicted molar refractivity (Wildman–Crippen MR) is 136 cm³/mol. The van der Waals surface area contributed by atoms with Gasteiger partial charge in [0.15, 0.2) is 5.82 Å². The molecule has 11 heteroatoms. The second-order valence-corrected chi connectivity index (χ2v) is 9.17. The number of allylic oxidation sites excluding steroid dienone is 1. The number of aliphatic hydroxyl groups excluding tert-OH is 1. The molecule has 0 atom stereocenters. The molecule has 0 spiro atoms. The standard InChI is InChI=1S/C26H24ClF2N5O3/c1-15(10-31-17(3)20-4-7-30-25(33-20)26(14-35)5-6-26)12-34-16(2)8-22(23(27)24(34)36)37-13-21-19(29)9-18(28)11-32-21/h4,7-12,35H,3,5-6,13-14H2,1-2H3/b15-12+,31-10?. The summed E-state index contributed by atoms with van der Waals surface area (Å²) in [6.07, 6.45) is 7.26. The second kappa shape index (κ2) is 10.7. The van der Waals surface area contributed by atoms with Crippen LogP contribution in [0.2, 0.25) is 5.02 Å². The Morgan fingerprint density at radius 1 is 1.35 bits per heavy atom. The molecule has 0 amide bonds. The highest BCUT2D eigenvalue weighted by molar-refractivity contribution is 6.31. The minimum Gasteiger partial charge on any atom is -0.485 e. The molecule has 3 heterocycles.